The van der Waals surface area contributed by atoms with Gasteiger partial charge in [0.05, 0.1) is 9.82 Å². The topological polar surface area (TPSA) is 119 Å². The maximum absolute atomic E-state index is 11.8. The second-order valence-electron chi connectivity index (χ2n) is 6.42. The van der Waals surface area contributed by atoms with Gasteiger partial charge in [-0.15, -0.1) is 0 Å². The second-order valence-corrected chi connectivity index (χ2v) is 7.95. The molecule has 0 radical (unpaired) electrons. The molecule has 136 valence electrons. The van der Waals surface area contributed by atoms with E-state index in [0.717, 1.165) is 22.5 Å². The minimum atomic E-state index is -4.05. The summed E-state index contributed by atoms with van der Waals surface area (Å²) >= 11 is 0. The Bertz CT molecular complexity index is 1100. The molecule has 26 heavy (non-hydrogen) atoms. The number of primary sulfonamides is 1. The molecule has 7 nitrogen and oxygen atoms in total. The lowest BCUT2D eigenvalue weighted by Gasteiger charge is -2.16. The lowest BCUT2D eigenvalue weighted by atomic mass is 9.90. The largest absolute Gasteiger partial charge is 0.361 e. The van der Waals surface area contributed by atoms with Gasteiger partial charge in [-0.1, -0.05) is 25.1 Å². The number of nitrogens with zero attached hydrogens (tertiary/aromatic N) is 1. The number of rotatable bonds is 5. The van der Waals surface area contributed by atoms with E-state index in [0.29, 0.717) is 17.5 Å². The van der Waals surface area contributed by atoms with E-state index in [9.17, 15) is 18.5 Å². The number of nitro benzene ring substituents is 1. The fourth-order valence-electron chi connectivity index (χ4n) is 3.35. The highest BCUT2D eigenvalue weighted by atomic mass is 32.2. The Morgan fingerprint density at radius 3 is 2.62 bits per heavy atom. The first-order valence-electron chi connectivity index (χ1n) is 8.05. The first kappa shape index (κ1) is 18.1. The molecule has 1 atom stereocenters. The van der Waals surface area contributed by atoms with Gasteiger partial charge in [0.15, 0.2) is 0 Å². The fraction of sp³-hybridized carbons (Fsp3) is 0.222. The summed E-state index contributed by atoms with van der Waals surface area (Å²) in [6, 6.07) is 10.3. The van der Waals surface area contributed by atoms with E-state index in [1.54, 1.807) is 6.92 Å². The summed E-state index contributed by atoms with van der Waals surface area (Å²) in [4.78, 5) is 13.6. The highest BCUT2D eigenvalue weighted by molar-refractivity contribution is 7.89. The molecule has 3 aromatic rings. The maximum Gasteiger partial charge on any atom is 0.271 e. The molecule has 0 fully saturated rings. The van der Waals surface area contributed by atoms with Crippen LogP contribution in [0.5, 0.6) is 0 Å². The number of non-ortho nitro benzene ring substituents is 1. The van der Waals surface area contributed by atoms with Crippen molar-refractivity contribution in [1.82, 2.24) is 4.98 Å². The highest BCUT2D eigenvalue weighted by Gasteiger charge is 2.23. The Hall–Kier alpha value is -2.71. The van der Waals surface area contributed by atoms with Crippen LogP contribution >= 0.6 is 0 Å². The molecule has 3 N–H and O–H groups in total. The number of aromatic amines is 1. The molecular formula is C18H19N3O4S. The van der Waals surface area contributed by atoms with Gasteiger partial charge in [-0.2, -0.15) is 0 Å². The molecule has 1 aromatic heterocycles. The van der Waals surface area contributed by atoms with Gasteiger partial charge in [0.1, 0.15) is 0 Å². The number of fused-ring (bicyclic) bond motifs is 1. The summed E-state index contributed by atoms with van der Waals surface area (Å²) in [5, 5.41) is 17.6. The lowest BCUT2D eigenvalue weighted by Crippen LogP contribution is -2.16. The Balaban J connectivity index is 2.07. The van der Waals surface area contributed by atoms with Gasteiger partial charge in [-0.25, -0.2) is 13.6 Å². The van der Waals surface area contributed by atoms with E-state index in [1.807, 2.05) is 37.4 Å². The van der Waals surface area contributed by atoms with Crippen LogP contribution in [0.1, 0.15) is 29.5 Å². The van der Waals surface area contributed by atoms with E-state index in [2.05, 4.69) is 4.98 Å². The number of nitro groups is 1. The second kappa shape index (κ2) is 6.54. The number of hydrogen-bond donors (Lipinski definition) is 2. The quantitative estimate of drug-likeness (QED) is 0.526. The number of sulfonamides is 1. The minimum Gasteiger partial charge on any atom is -0.361 e. The molecule has 0 bridgehead atoms. The third-order valence-corrected chi connectivity index (χ3v) is 5.67. The molecule has 0 aliphatic rings. The van der Waals surface area contributed by atoms with Crippen molar-refractivity contribution in [2.75, 3.05) is 0 Å². The molecule has 3 rings (SSSR count). The van der Waals surface area contributed by atoms with Crippen LogP contribution in [0, 0.1) is 17.0 Å². The van der Waals surface area contributed by atoms with E-state index in [-0.39, 0.29) is 16.5 Å². The van der Waals surface area contributed by atoms with Gasteiger partial charge in [-0.05, 0) is 42.0 Å². The first-order valence-corrected chi connectivity index (χ1v) is 9.60. The van der Waals surface area contributed by atoms with E-state index < -0.39 is 14.9 Å². The molecule has 0 spiro atoms. The van der Waals surface area contributed by atoms with Gasteiger partial charge in [0.2, 0.25) is 10.0 Å². The first-order chi connectivity index (χ1) is 12.2. The summed E-state index contributed by atoms with van der Waals surface area (Å²) < 4.78 is 23.7. The summed E-state index contributed by atoms with van der Waals surface area (Å²) in [5.41, 5.74) is 2.85. The fourth-order valence-corrected chi connectivity index (χ4v) is 4.18. The molecule has 1 unspecified atom stereocenters. The number of benzene rings is 2. The Morgan fingerprint density at radius 2 is 1.96 bits per heavy atom. The zero-order valence-electron chi connectivity index (χ0n) is 14.4. The number of nitrogens with two attached hydrogens (primary N) is 1. The highest BCUT2D eigenvalue weighted by Crippen LogP contribution is 2.33. The summed E-state index contributed by atoms with van der Waals surface area (Å²) in [6.07, 6.45) is 2.52. The molecule has 0 saturated heterocycles. The third-order valence-electron chi connectivity index (χ3n) is 4.63. The van der Waals surface area contributed by atoms with Crippen molar-refractivity contribution in [3.05, 3.63) is 69.4 Å². The minimum absolute atomic E-state index is 0.130. The predicted octanol–water partition coefficient (Wildman–Crippen LogP) is 3.38. The van der Waals surface area contributed by atoms with Crippen molar-refractivity contribution < 1.29 is 13.3 Å². The Morgan fingerprint density at radius 1 is 1.27 bits per heavy atom. The summed E-state index contributed by atoms with van der Waals surface area (Å²) in [6.45, 7) is 3.55. The SMILES string of the molecule is Cc1c(C(C)Cc2c[nH]c3ccccc23)cc([N+](=O)[O-])cc1S(N)(=O)=O. The normalized spacial score (nSPS) is 13.0. The number of aromatic nitrogens is 1. The monoisotopic (exact) mass is 373 g/mol. The van der Waals surface area contributed by atoms with Gasteiger partial charge >= 0.3 is 0 Å². The third kappa shape index (κ3) is 3.33. The molecule has 0 saturated carbocycles. The van der Waals surface area contributed by atoms with Gasteiger partial charge in [0, 0.05) is 29.2 Å². The van der Waals surface area contributed by atoms with E-state index >= 15 is 0 Å². The number of nitrogens with one attached hydrogen (secondary N) is 1. The zero-order chi connectivity index (χ0) is 19.1. The maximum atomic E-state index is 11.8. The smallest absolute Gasteiger partial charge is 0.271 e. The van der Waals surface area contributed by atoms with Crippen LogP contribution in [0.2, 0.25) is 0 Å². The van der Waals surface area contributed by atoms with Crippen LogP contribution in [0.4, 0.5) is 5.69 Å². The Labute approximate surface area is 151 Å². The van der Waals surface area contributed by atoms with Crippen LogP contribution in [-0.2, 0) is 16.4 Å². The van der Waals surface area contributed by atoms with Crippen LogP contribution in [0.15, 0.2) is 47.5 Å². The lowest BCUT2D eigenvalue weighted by molar-refractivity contribution is -0.385. The average Bonchev–Trinajstić information content (AvgIpc) is 2.97. The van der Waals surface area contributed by atoms with Crippen molar-refractivity contribution in [3.63, 3.8) is 0 Å². The molecule has 2 aromatic carbocycles. The van der Waals surface area contributed by atoms with Gasteiger partial charge in [0.25, 0.3) is 5.69 Å². The zero-order valence-corrected chi connectivity index (χ0v) is 15.2. The number of para-hydroxylation sites is 1. The molecule has 0 aliphatic heterocycles. The number of hydrogen-bond acceptors (Lipinski definition) is 4. The standard InChI is InChI=1S/C18H19N3O4S/c1-11(7-13-10-20-17-6-4-3-5-15(13)17)16-8-14(21(22)23)9-18(12(16)2)26(19,24)25/h3-6,8-11,20H,7H2,1-2H3,(H2,19,24,25). The van der Waals surface area contributed by atoms with Crippen LogP contribution in [0.3, 0.4) is 0 Å². The van der Waals surface area contributed by atoms with Crippen LogP contribution in [0.25, 0.3) is 10.9 Å². The molecule has 0 aliphatic carbocycles. The molecular weight excluding hydrogens is 354 g/mol. The van der Waals surface area contributed by atoms with Crippen molar-refractivity contribution in [2.45, 2.75) is 31.1 Å². The van der Waals surface area contributed by atoms with E-state index in [1.165, 1.54) is 6.07 Å². The number of H-pyrrole nitrogens is 1. The molecule has 8 heteroatoms. The summed E-state index contributed by atoms with van der Waals surface area (Å²) in [7, 11) is -4.05. The van der Waals surface area contributed by atoms with Gasteiger partial charge < -0.3 is 4.98 Å². The van der Waals surface area contributed by atoms with Crippen molar-refractivity contribution >= 4 is 26.6 Å². The molecule has 1 heterocycles. The van der Waals surface area contributed by atoms with Crippen molar-refractivity contribution in [3.8, 4) is 0 Å². The Kier molecular flexibility index (Phi) is 4.55. The van der Waals surface area contributed by atoms with Gasteiger partial charge in [-0.3, -0.25) is 10.1 Å². The van der Waals surface area contributed by atoms with Crippen molar-refractivity contribution in [2.24, 2.45) is 5.14 Å². The molecule has 0 amide bonds. The van der Waals surface area contributed by atoms with E-state index in [4.69, 9.17) is 5.14 Å². The van der Waals surface area contributed by atoms with Crippen LogP contribution < -0.4 is 5.14 Å². The van der Waals surface area contributed by atoms with Crippen LogP contribution in [-0.4, -0.2) is 18.3 Å². The predicted molar refractivity (Wildman–Crippen MR) is 99.6 cm³/mol. The van der Waals surface area contributed by atoms with Crippen molar-refractivity contribution in [1.29, 1.82) is 0 Å². The average molecular weight is 373 g/mol. The summed E-state index contributed by atoms with van der Waals surface area (Å²) in [5.74, 6) is -0.130.